The Morgan fingerprint density at radius 2 is 2.12 bits per heavy atom. The molecule has 0 unspecified atom stereocenters. The van der Waals surface area contributed by atoms with E-state index in [-0.39, 0.29) is 11.3 Å². The van der Waals surface area contributed by atoms with E-state index < -0.39 is 5.82 Å². The summed E-state index contributed by atoms with van der Waals surface area (Å²) < 4.78 is 14.3. The zero-order valence-corrected chi connectivity index (χ0v) is 14.0. The quantitative estimate of drug-likeness (QED) is 0.750. The van der Waals surface area contributed by atoms with Crippen LogP contribution in [0, 0.1) is 12.7 Å². The minimum atomic E-state index is -0.495. The van der Waals surface area contributed by atoms with E-state index in [1.54, 1.807) is 25.3 Å². The van der Waals surface area contributed by atoms with E-state index in [0.717, 1.165) is 31.6 Å². The van der Waals surface area contributed by atoms with Gasteiger partial charge in [-0.3, -0.25) is 4.98 Å². The molecule has 1 aliphatic heterocycles. The summed E-state index contributed by atoms with van der Waals surface area (Å²) >= 11 is 0. The summed E-state index contributed by atoms with van der Waals surface area (Å²) in [4.78, 5) is 13.5. The van der Waals surface area contributed by atoms with Crippen molar-refractivity contribution in [1.29, 1.82) is 0 Å². The number of hydrogen-bond donors (Lipinski definition) is 2. The van der Waals surface area contributed by atoms with Crippen LogP contribution in [0.1, 0.15) is 30.0 Å². The Bertz CT molecular complexity index is 915. The highest BCUT2D eigenvalue weighted by Gasteiger charge is 2.18. The van der Waals surface area contributed by atoms with Crippen molar-refractivity contribution in [2.75, 3.05) is 13.1 Å². The van der Waals surface area contributed by atoms with Gasteiger partial charge in [0.15, 0.2) is 5.65 Å². The maximum Gasteiger partial charge on any atom is 0.179 e. The molecule has 0 amide bonds. The fourth-order valence-corrected chi connectivity index (χ4v) is 3.33. The topological polar surface area (TPSA) is 70.9 Å². The number of halogens is 1. The summed E-state index contributed by atoms with van der Waals surface area (Å²) in [5.74, 6) is -0.296. The van der Waals surface area contributed by atoms with Gasteiger partial charge >= 0.3 is 0 Å². The maximum atomic E-state index is 14.3. The first-order valence-corrected chi connectivity index (χ1v) is 8.46. The zero-order chi connectivity index (χ0) is 17.4. The molecule has 1 saturated heterocycles. The van der Waals surface area contributed by atoms with Gasteiger partial charge in [-0.05, 0) is 56.1 Å². The second kappa shape index (κ2) is 6.37. The van der Waals surface area contributed by atoms with Crippen LogP contribution in [0.5, 0.6) is 5.75 Å². The number of aryl methyl sites for hydroxylation is 1. The molecular weight excluding hydrogens is 319 g/mol. The lowest BCUT2D eigenvalue weighted by molar-refractivity contribution is 0.454. The normalized spacial score (nSPS) is 17.8. The number of pyridine rings is 1. The maximum absolute atomic E-state index is 14.3. The molecule has 0 aliphatic carbocycles. The highest BCUT2D eigenvalue weighted by molar-refractivity contribution is 5.77. The van der Waals surface area contributed by atoms with E-state index in [1.165, 1.54) is 12.1 Å². The first-order chi connectivity index (χ1) is 12.1. The summed E-state index contributed by atoms with van der Waals surface area (Å²) in [5, 5.41) is 13.5. The molecule has 128 valence electrons. The van der Waals surface area contributed by atoms with E-state index in [4.69, 9.17) is 0 Å². The van der Waals surface area contributed by atoms with E-state index >= 15 is 0 Å². The summed E-state index contributed by atoms with van der Waals surface area (Å²) in [6, 6.07) is 6.33. The molecular formula is C19H19FN4O. The van der Waals surface area contributed by atoms with Crippen LogP contribution in [-0.4, -0.2) is 33.1 Å². The van der Waals surface area contributed by atoms with E-state index in [9.17, 15) is 9.50 Å². The summed E-state index contributed by atoms with van der Waals surface area (Å²) in [6.07, 6.45) is 3.98. The van der Waals surface area contributed by atoms with Gasteiger partial charge in [-0.1, -0.05) is 0 Å². The van der Waals surface area contributed by atoms with Crippen molar-refractivity contribution in [1.82, 2.24) is 20.3 Å². The molecule has 0 radical (unpaired) electrons. The molecule has 25 heavy (non-hydrogen) atoms. The molecule has 1 aliphatic rings. The number of aromatic hydroxyl groups is 1. The second-order valence-corrected chi connectivity index (χ2v) is 6.52. The molecule has 2 aromatic heterocycles. The molecule has 6 heteroatoms. The molecule has 3 heterocycles. The summed E-state index contributed by atoms with van der Waals surface area (Å²) in [7, 11) is 0. The number of piperidine rings is 1. The SMILES string of the molecule is Cc1cc(O)c(-c2ccc3ncc([C@@H]4CCCNC4)nc3n2)c(F)c1. The Balaban J connectivity index is 1.79. The monoisotopic (exact) mass is 338 g/mol. The second-order valence-electron chi connectivity index (χ2n) is 6.52. The van der Waals surface area contributed by atoms with Gasteiger partial charge in [0.25, 0.3) is 0 Å². The third-order valence-corrected chi connectivity index (χ3v) is 4.61. The number of aromatic nitrogens is 3. The minimum Gasteiger partial charge on any atom is -0.507 e. The Morgan fingerprint density at radius 1 is 1.24 bits per heavy atom. The van der Waals surface area contributed by atoms with Gasteiger partial charge < -0.3 is 10.4 Å². The van der Waals surface area contributed by atoms with Crippen molar-refractivity contribution in [3.8, 4) is 17.0 Å². The molecule has 4 rings (SSSR count). The number of nitrogens with one attached hydrogen (secondary N) is 1. The zero-order valence-electron chi connectivity index (χ0n) is 14.0. The predicted octanol–water partition coefficient (Wildman–Crippen LogP) is 3.31. The highest BCUT2D eigenvalue weighted by atomic mass is 19.1. The van der Waals surface area contributed by atoms with Crippen LogP contribution in [0.2, 0.25) is 0 Å². The van der Waals surface area contributed by atoms with Crippen molar-refractivity contribution < 1.29 is 9.50 Å². The smallest absolute Gasteiger partial charge is 0.179 e. The Kier molecular flexibility index (Phi) is 4.05. The van der Waals surface area contributed by atoms with Crippen LogP contribution in [0.15, 0.2) is 30.5 Å². The van der Waals surface area contributed by atoms with Crippen LogP contribution in [-0.2, 0) is 0 Å². The van der Waals surface area contributed by atoms with E-state index in [2.05, 4.69) is 20.3 Å². The Labute approximate surface area is 145 Å². The van der Waals surface area contributed by atoms with Crippen LogP contribution in [0.25, 0.3) is 22.4 Å². The third kappa shape index (κ3) is 3.05. The van der Waals surface area contributed by atoms with E-state index in [0.29, 0.717) is 28.3 Å². The Hall–Kier alpha value is -2.60. The fourth-order valence-electron chi connectivity index (χ4n) is 3.33. The Morgan fingerprint density at radius 3 is 2.88 bits per heavy atom. The molecule has 3 aromatic rings. The number of fused-ring (bicyclic) bond motifs is 1. The number of nitrogens with zero attached hydrogens (tertiary/aromatic N) is 3. The fraction of sp³-hybridized carbons (Fsp3) is 0.316. The average Bonchev–Trinajstić information content (AvgIpc) is 2.61. The lowest BCUT2D eigenvalue weighted by atomic mass is 9.96. The van der Waals surface area contributed by atoms with Gasteiger partial charge in [-0.25, -0.2) is 14.4 Å². The number of hydrogen-bond acceptors (Lipinski definition) is 5. The summed E-state index contributed by atoms with van der Waals surface area (Å²) in [5.41, 5.74) is 3.14. The molecule has 0 bridgehead atoms. The molecule has 2 N–H and O–H groups in total. The number of rotatable bonds is 2. The van der Waals surface area contributed by atoms with Crippen LogP contribution >= 0.6 is 0 Å². The average molecular weight is 338 g/mol. The van der Waals surface area contributed by atoms with Crippen molar-refractivity contribution in [2.24, 2.45) is 0 Å². The van der Waals surface area contributed by atoms with Crippen molar-refractivity contribution >= 4 is 11.2 Å². The van der Waals surface area contributed by atoms with Crippen LogP contribution in [0.4, 0.5) is 4.39 Å². The number of phenols is 1. The van der Waals surface area contributed by atoms with Gasteiger partial charge in [0.1, 0.15) is 17.1 Å². The van der Waals surface area contributed by atoms with Gasteiger partial charge in [-0.2, -0.15) is 0 Å². The lowest BCUT2D eigenvalue weighted by Gasteiger charge is -2.21. The summed E-state index contributed by atoms with van der Waals surface area (Å²) in [6.45, 7) is 3.65. The van der Waals surface area contributed by atoms with Gasteiger partial charge in [-0.15, -0.1) is 0 Å². The predicted molar refractivity (Wildman–Crippen MR) is 94.0 cm³/mol. The van der Waals surface area contributed by atoms with Crippen LogP contribution < -0.4 is 5.32 Å². The number of benzene rings is 1. The molecule has 0 spiro atoms. The minimum absolute atomic E-state index is 0.0963. The molecule has 1 fully saturated rings. The van der Waals surface area contributed by atoms with Crippen molar-refractivity contribution in [3.63, 3.8) is 0 Å². The largest absolute Gasteiger partial charge is 0.507 e. The first-order valence-electron chi connectivity index (χ1n) is 8.46. The molecule has 1 atom stereocenters. The van der Waals surface area contributed by atoms with Gasteiger partial charge in [0, 0.05) is 18.7 Å². The first kappa shape index (κ1) is 15.9. The van der Waals surface area contributed by atoms with E-state index in [1.807, 2.05) is 0 Å². The molecule has 0 saturated carbocycles. The van der Waals surface area contributed by atoms with Gasteiger partial charge in [0.2, 0.25) is 0 Å². The van der Waals surface area contributed by atoms with Crippen molar-refractivity contribution in [3.05, 3.63) is 47.5 Å². The number of phenolic OH excluding ortho intramolecular Hbond substituents is 1. The molecule has 5 nitrogen and oxygen atoms in total. The van der Waals surface area contributed by atoms with Crippen LogP contribution in [0.3, 0.4) is 0 Å². The third-order valence-electron chi connectivity index (χ3n) is 4.61. The lowest BCUT2D eigenvalue weighted by Crippen LogP contribution is -2.28. The van der Waals surface area contributed by atoms with Gasteiger partial charge in [0.05, 0.1) is 17.0 Å². The standard InChI is InChI=1S/C19H19FN4O/c1-11-7-13(20)18(17(25)8-11)14-4-5-15-19(23-14)24-16(10-22-15)12-3-2-6-21-9-12/h4-5,7-8,10,12,21,25H,2-3,6,9H2,1H3/t12-/m1/s1. The highest BCUT2D eigenvalue weighted by Crippen LogP contribution is 2.32. The molecule has 1 aromatic carbocycles. The van der Waals surface area contributed by atoms with Crippen molar-refractivity contribution in [2.45, 2.75) is 25.7 Å².